The summed E-state index contributed by atoms with van der Waals surface area (Å²) in [7, 11) is -5.83. The van der Waals surface area contributed by atoms with Crippen molar-refractivity contribution in [2.45, 2.75) is 35.6 Å². The highest BCUT2D eigenvalue weighted by Gasteiger charge is 2.25. The van der Waals surface area contributed by atoms with Gasteiger partial charge in [-0.2, -0.15) is 4.31 Å². The number of sulfonamides is 2. The lowest BCUT2D eigenvalue weighted by Crippen LogP contribution is -2.35. The summed E-state index contributed by atoms with van der Waals surface area (Å²) in [6.45, 7) is 1.02. The Kier molecular flexibility index (Phi) is 9.10. The van der Waals surface area contributed by atoms with Gasteiger partial charge in [0.05, 0.1) is 22.6 Å². The summed E-state index contributed by atoms with van der Waals surface area (Å²) < 4.78 is 65.4. The molecule has 1 saturated heterocycles. The van der Waals surface area contributed by atoms with Crippen molar-refractivity contribution in [3.05, 3.63) is 78.4 Å². The smallest absolute Gasteiger partial charge is 0.261 e. The number of rotatable bonds is 11. The number of nitrogens with one attached hydrogen (secondary N) is 2. The first-order valence-corrected chi connectivity index (χ1v) is 15.4. The molecular weight excluding hydrogens is 542 g/mol. The van der Waals surface area contributed by atoms with E-state index in [0.29, 0.717) is 30.3 Å². The quantitative estimate of drug-likeness (QED) is 0.360. The van der Waals surface area contributed by atoms with Crippen molar-refractivity contribution in [3.8, 4) is 11.5 Å². The maximum Gasteiger partial charge on any atom is 0.261 e. The first-order chi connectivity index (χ1) is 18.7. The van der Waals surface area contributed by atoms with Crippen molar-refractivity contribution < 1.29 is 31.1 Å². The molecule has 2 N–H and O–H groups in total. The Morgan fingerprint density at radius 1 is 0.846 bits per heavy atom. The van der Waals surface area contributed by atoms with Crippen LogP contribution in [0.25, 0.3) is 0 Å². The molecule has 0 radical (unpaired) electrons. The summed E-state index contributed by atoms with van der Waals surface area (Å²) in [5.41, 5.74) is 1.11. The number of hydrogen-bond donors (Lipinski definition) is 2. The molecule has 3 aromatic carbocycles. The van der Waals surface area contributed by atoms with Crippen molar-refractivity contribution in [1.82, 2.24) is 9.62 Å². The van der Waals surface area contributed by atoms with Crippen LogP contribution >= 0.6 is 0 Å². The third kappa shape index (κ3) is 7.49. The highest BCUT2D eigenvalue weighted by Crippen LogP contribution is 2.23. The summed E-state index contributed by atoms with van der Waals surface area (Å²) in [5, 5.41) is 2.72. The standard InChI is InChI=1S/C27H31N3O7S2/c1-36-24-7-5-6-22(18-24)29-38(32,33)25-14-10-23(11-15-25)37-20-27(31)28-19-21-8-12-26(13-9-21)39(34,35)30-16-3-2-4-17-30/h5-15,18,29H,2-4,16-17,19-20H2,1H3,(H,28,31). The molecule has 1 aliphatic heterocycles. The van der Waals surface area contributed by atoms with Gasteiger partial charge < -0.3 is 14.8 Å². The topological polar surface area (TPSA) is 131 Å². The van der Waals surface area contributed by atoms with Gasteiger partial charge >= 0.3 is 0 Å². The largest absolute Gasteiger partial charge is 0.497 e. The molecule has 0 aromatic heterocycles. The number of hydrogen-bond acceptors (Lipinski definition) is 7. The van der Waals surface area contributed by atoms with E-state index in [0.717, 1.165) is 24.8 Å². The van der Waals surface area contributed by atoms with Crippen molar-refractivity contribution in [2.24, 2.45) is 0 Å². The number of benzene rings is 3. The molecule has 4 rings (SSSR count). The van der Waals surface area contributed by atoms with E-state index >= 15 is 0 Å². The third-order valence-corrected chi connectivity index (χ3v) is 9.50. The molecule has 1 amide bonds. The van der Waals surface area contributed by atoms with Crippen LogP contribution in [0.4, 0.5) is 5.69 Å². The van der Waals surface area contributed by atoms with Gasteiger partial charge in [0, 0.05) is 25.7 Å². The zero-order valence-electron chi connectivity index (χ0n) is 21.5. The number of anilines is 1. The van der Waals surface area contributed by atoms with Crippen molar-refractivity contribution >= 4 is 31.6 Å². The van der Waals surface area contributed by atoms with E-state index in [-0.39, 0.29) is 28.8 Å². The Labute approximate surface area is 229 Å². The molecular formula is C27H31N3O7S2. The third-order valence-electron chi connectivity index (χ3n) is 6.19. The molecule has 10 nitrogen and oxygen atoms in total. The Bertz CT molecular complexity index is 1490. The zero-order chi connectivity index (χ0) is 27.9. The van der Waals surface area contributed by atoms with Crippen LogP contribution in [0.5, 0.6) is 11.5 Å². The van der Waals surface area contributed by atoms with Gasteiger partial charge in [0.2, 0.25) is 10.0 Å². The van der Waals surface area contributed by atoms with Crippen LogP contribution in [0.1, 0.15) is 24.8 Å². The average molecular weight is 574 g/mol. The number of ether oxygens (including phenoxy) is 2. The van der Waals surface area contributed by atoms with Crippen molar-refractivity contribution in [1.29, 1.82) is 0 Å². The zero-order valence-corrected chi connectivity index (χ0v) is 23.1. The maximum atomic E-state index is 12.8. The Morgan fingerprint density at radius 2 is 1.51 bits per heavy atom. The van der Waals surface area contributed by atoms with E-state index in [4.69, 9.17) is 9.47 Å². The van der Waals surface area contributed by atoms with E-state index in [2.05, 4.69) is 10.0 Å². The number of amides is 1. The van der Waals surface area contributed by atoms with Gasteiger partial charge in [-0.05, 0) is 66.9 Å². The molecule has 0 bridgehead atoms. The van der Waals surface area contributed by atoms with Crippen LogP contribution in [-0.2, 0) is 31.4 Å². The first kappa shape index (κ1) is 28.4. The predicted octanol–water partition coefficient (Wildman–Crippen LogP) is 3.37. The SMILES string of the molecule is COc1cccc(NS(=O)(=O)c2ccc(OCC(=O)NCc3ccc(S(=O)(=O)N4CCCCC4)cc3)cc2)c1. The predicted molar refractivity (Wildman–Crippen MR) is 147 cm³/mol. The van der Waals surface area contributed by atoms with E-state index in [1.807, 2.05) is 0 Å². The normalized spacial score (nSPS) is 14.4. The minimum Gasteiger partial charge on any atom is -0.497 e. The van der Waals surface area contributed by atoms with Gasteiger partial charge in [-0.3, -0.25) is 9.52 Å². The van der Waals surface area contributed by atoms with E-state index in [1.165, 1.54) is 35.7 Å². The summed E-state index contributed by atoms with van der Waals surface area (Å²) in [5.74, 6) is 0.476. The van der Waals surface area contributed by atoms with E-state index in [1.54, 1.807) is 48.5 Å². The van der Waals surface area contributed by atoms with Crippen LogP contribution in [0.15, 0.2) is 82.6 Å². The molecule has 1 aliphatic rings. The second-order valence-electron chi connectivity index (χ2n) is 8.98. The van der Waals surface area contributed by atoms with Crippen LogP contribution < -0.4 is 19.5 Å². The van der Waals surface area contributed by atoms with Crippen LogP contribution in [0, 0.1) is 0 Å². The lowest BCUT2D eigenvalue weighted by Gasteiger charge is -2.25. The minimum absolute atomic E-state index is 0.0351. The van der Waals surface area contributed by atoms with Gasteiger partial charge in [-0.25, -0.2) is 16.8 Å². The molecule has 208 valence electrons. The molecule has 0 aliphatic carbocycles. The molecule has 0 spiro atoms. The highest BCUT2D eigenvalue weighted by molar-refractivity contribution is 7.92. The maximum absolute atomic E-state index is 12.8. The highest BCUT2D eigenvalue weighted by atomic mass is 32.2. The summed E-state index contributed by atoms with van der Waals surface area (Å²) in [6, 6.07) is 18.7. The number of piperidine rings is 1. The van der Waals surface area contributed by atoms with E-state index in [9.17, 15) is 21.6 Å². The Hall–Kier alpha value is -3.61. The van der Waals surface area contributed by atoms with Gasteiger partial charge in [0.15, 0.2) is 6.61 Å². The molecule has 0 unspecified atom stereocenters. The second kappa shape index (κ2) is 12.5. The van der Waals surface area contributed by atoms with Crippen molar-refractivity contribution in [3.63, 3.8) is 0 Å². The van der Waals surface area contributed by atoms with Gasteiger partial charge in [0.1, 0.15) is 11.5 Å². The number of carbonyl (C=O) groups excluding carboxylic acids is 1. The lowest BCUT2D eigenvalue weighted by atomic mass is 10.2. The number of nitrogens with zero attached hydrogens (tertiary/aromatic N) is 1. The van der Waals surface area contributed by atoms with Crippen LogP contribution in [0.3, 0.4) is 0 Å². The summed E-state index contributed by atoms with van der Waals surface area (Å²) in [4.78, 5) is 12.5. The van der Waals surface area contributed by atoms with Crippen LogP contribution in [0.2, 0.25) is 0 Å². The molecule has 12 heteroatoms. The molecule has 0 atom stereocenters. The number of carbonyl (C=O) groups is 1. The van der Waals surface area contributed by atoms with Crippen molar-refractivity contribution in [2.75, 3.05) is 31.5 Å². The van der Waals surface area contributed by atoms with Gasteiger partial charge in [-0.1, -0.05) is 24.6 Å². The number of methoxy groups -OCH3 is 1. The van der Waals surface area contributed by atoms with Gasteiger partial charge in [-0.15, -0.1) is 0 Å². The summed E-state index contributed by atoms with van der Waals surface area (Å²) in [6.07, 6.45) is 2.79. The fourth-order valence-electron chi connectivity index (χ4n) is 4.05. The monoisotopic (exact) mass is 573 g/mol. The summed E-state index contributed by atoms with van der Waals surface area (Å²) >= 11 is 0. The lowest BCUT2D eigenvalue weighted by molar-refractivity contribution is -0.123. The molecule has 0 saturated carbocycles. The average Bonchev–Trinajstić information content (AvgIpc) is 2.95. The fourth-order valence-corrected chi connectivity index (χ4v) is 6.62. The molecule has 39 heavy (non-hydrogen) atoms. The second-order valence-corrected chi connectivity index (χ2v) is 12.6. The Morgan fingerprint density at radius 3 is 2.18 bits per heavy atom. The molecule has 1 fully saturated rings. The molecule has 3 aromatic rings. The van der Waals surface area contributed by atoms with Gasteiger partial charge in [0.25, 0.3) is 15.9 Å². The van der Waals surface area contributed by atoms with Crippen LogP contribution in [-0.4, -0.2) is 53.9 Å². The van der Waals surface area contributed by atoms with E-state index < -0.39 is 20.0 Å². The molecule has 1 heterocycles. The minimum atomic E-state index is -3.83. The fraction of sp³-hybridized carbons (Fsp3) is 0.296. The first-order valence-electron chi connectivity index (χ1n) is 12.4. The Balaban J connectivity index is 1.25.